The van der Waals surface area contributed by atoms with Crippen LogP contribution >= 0.6 is 0 Å². The van der Waals surface area contributed by atoms with Gasteiger partial charge in [-0.1, -0.05) is 12.1 Å². The average molecular weight is 341 g/mol. The normalized spacial score (nSPS) is 13.7. The van der Waals surface area contributed by atoms with E-state index in [0.717, 1.165) is 29.8 Å². The molecule has 0 unspecified atom stereocenters. The van der Waals surface area contributed by atoms with E-state index in [2.05, 4.69) is 4.57 Å². The van der Waals surface area contributed by atoms with Crippen molar-refractivity contribution in [1.29, 1.82) is 0 Å². The highest BCUT2D eigenvalue weighted by Crippen LogP contribution is 2.38. The SMILES string of the molecule is COCc1cccc(C(=O)OCC(=O)c2cc(C)n(C3CC3)c2C)c1. The number of Topliss-reactive ketones (excluding diaryl/α,β-unsaturated/α-hetero) is 1. The van der Waals surface area contributed by atoms with Gasteiger partial charge in [0, 0.05) is 30.1 Å². The first-order valence-corrected chi connectivity index (χ1v) is 8.48. The van der Waals surface area contributed by atoms with Crippen LogP contribution in [0.1, 0.15) is 56.6 Å². The molecule has 1 saturated carbocycles. The lowest BCUT2D eigenvalue weighted by Gasteiger charge is -2.08. The third-order valence-corrected chi connectivity index (χ3v) is 4.50. The second-order valence-corrected chi connectivity index (χ2v) is 6.52. The largest absolute Gasteiger partial charge is 0.454 e. The van der Waals surface area contributed by atoms with Crippen molar-refractivity contribution in [3.8, 4) is 0 Å². The maximum Gasteiger partial charge on any atom is 0.338 e. The zero-order chi connectivity index (χ0) is 18.0. The fraction of sp³-hybridized carbons (Fsp3) is 0.400. The first-order valence-electron chi connectivity index (χ1n) is 8.48. The topological polar surface area (TPSA) is 57.5 Å². The van der Waals surface area contributed by atoms with Gasteiger partial charge in [0.15, 0.2) is 6.61 Å². The van der Waals surface area contributed by atoms with E-state index in [1.54, 1.807) is 25.3 Å². The van der Waals surface area contributed by atoms with E-state index in [9.17, 15) is 9.59 Å². The molecule has 0 atom stereocenters. The highest BCUT2D eigenvalue weighted by atomic mass is 16.5. The predicted octanol–water partition coefficient (Wildman–Crippen LogP) is 3.63. The zero-order valence-corrected chi connectivity index (χ0v) is 14.9. The van der Waals surface area contributed by atoms with Crippen molar-refractivity contribution in [2.75, 3.05) is 13.7 Å². The Labute approximate surface area is 147 Å². The van der Waals surface area contributed by atoms with Crippen LogP contribution in [-0.2, 0) is 16.1 Å². The molecular formula is C20H23NO4. The molecule has 0 saturated heterocycles. The summed E-state index contributed by atoms with van der Waals surface area (Å²) in [5, 5.41) is 0. The summed E-state index contributed by atoms with van der Waals surface area (Å²) in [5.74, 6) is -0.663. The Bertz CT molecular complexity index is 802. The van der Waals surface area contributed by atoms with Crippen molar-refractivity contribution in [3.05, 3.63) is 58.4 Å². The molecule has 1 aromatic carbocycles. The van der Waals surface area contributed by atoms with Crippen molar-refractivity contribution in [3.63, 3.8) is 0 Å². The zero-order valence-electron chi connectivity index (χ0n) is 14.9. The molecule has 25 heavy (non-hydrogen) atoms. The highest BCUT2D eigenvalue weighted by molar-refractivity contribution is 6.00. The number of methoxy groups -OCH3 is 1. The standard InChI is InChI=1S/C20H23NO4/c1-13-9-18(14(2)21(13)17-7-8-17)19(22)12-25-20(23)16-6-4-5-15(10-16)11-24-3/h4-6,9-10,17H,7-8,11-12H2,1-3H3. The Morgan fingerprint density at radius 2 is 1.96 bits per heavy atom. The molecule has 0 spiro atoms. The van der Waals surface area contributed by atoms with Gasteiger partial charge in [-0.3, -0.25) is 4.79 Å². The van der Waals surface area contributed by atoms with Crippen LogP contribution in [0.25, 0.3) is 0 Å². The second-order valence-electron chi connectivity index (χ2n) is 6.52. The molecule has 5 heteroatoms. The summed E-state index contributed by atoms with van der Waals surface area (Å²) in [6, 6.07) is 9.45. The highest BCUT2D eigenvalue weighted by Gasteiger charge is 2.28. The number of aromatic nitrogens is 1. The molecule has 3 rings (SSSR count). The van der Waals surface area contributed by atoms with Crippen molar-refractivity contribution in [2.45, 2.75) is 39.3 Å². The summed E-state index contributed by atoms with van der Waals surface area (Å²) in [5.41, 5.74) is 4.00. The summed E-state index contributed by atoms with van der Waals surface area (Å²) < 4.78 is 12.5. The first kappa shape index (κ1) is 17.4. The molecule has 1 aliphatic carbocycles. The number of hydrogen-bond donors (Lipinski definition) is 0. The van der Waals surface area contributed by atoms with E-state index in [1.165, 1.54) is 0 Å². The van der Waals surface area contributed by atoms with Gasteiger partial charge in [-0.2, -0.15) is 0 Å². The number of benzene rings is 1. The molecule has 0 bridgehead atoms. The Morgan fingerprint density at radius 3 is 2.64 bits per heavy atom. The molecule has 0 aliphatic heterocycles. The number of esters is 1. The third kappa shape index (κ3) is 3.82. The molecule has 0 amide bonds. The Morgan fingerprint density at radius 1 is 1.20 bits per heavy atom. The van der Waals surface area contributed by atoms with E-state index in [0.29, 0.717) is 23.8 Å². The molecule has 132 valence electrons. The summed E-state index contributed by atoms with van der Waals surface area (Å²) in [7, 11) is 1.60. The van der Waals surface area contributed by atoms with Crippen molar-refractivity contribution in [2.24, 2.45) is 0 Å². The number of aryl methyl sites for hydroxylation is 1. The van der Waals surface area contributed by atoms with E-state index in [4.69, 9.17) is 9.47 Å². The van der Waals surface area contributed by atoms with Gasteiger partial charge in [-0.25, -0.2) is 4.79 Å². The lowest BCUT2D eigenvalue weighted by atomic mass is 10.1. The predicted molar refractivity (Wildman–Crippen MR) is 93.9 cm³/mol. The van der Waals surface area contributed by atoms with Crippen LogP contribution in [0, 0.1) is 13.8 Å². The van der Waals surface area contributed by atoms with Crippen LogP contribution in [0.4, 0.5) is 0 Å². The van der Waals surface area contributed by atoms with Crippen LogP contribution < -0.4 is 0 Å². The minimum absolute atomic E-state index is 0.165. The third-order valence-electron chi connectivity index (χ3n) is 4.50. The van der Waals surface area contributed by atoms with E-state index < -0.39 is 5.97 Å². The minimum Gasteiger partial charge on any atom is -0.454 e. The summed E-state index contributed by atoms with van der Waals surface area (Å²) in [6.07, 6.45) is 2.33. The lowest BCUT2D eigenvalue weighted by molar-refractivity contribution is 0.0474. The van der Waals surface area contributed by atoms with Crippen LogP contribution in [-0.4, -0.2) is 30.0 Å². The molecule has 5 nitrogen and oxygen atoms in total. The first-order chi connectivity index (χ1) is 12.0. The summed E-state index contributed by atoms with van der Waals surface area (Å²) in [4.78, 5) is 24.7. The molecular weight excluding hydrogens is 318 g/mol. The van der Waals surface area contributed by atoms with Crippen LogP contribution in [0.2, 0.25) is 0 Å². The number of ketones is 1. The lowest BCUT2D eigenvalue weighted by Crippen LogP contribution is -2.15. The van der Waals surface area contributed by atoms with Gasteiger partial charge in [-0.05, 0) is 50.5 Å². The number of hydrogen-bond acceptors (Lipinski definition) is 4. The Kier molecular flexibility index (Phi) is 5.04. The fourth-order valence-corrected chi connectivity index (χ4v) is 3.20. The number of rotatable bonds is 7. The van der Waals surface area contributed by atoms with Crippen LogP contribution in [0.3, 0.4) is 0 Å². The smallest absolute Gasteiger partial charge is 0.338 e. The van der Waals surface area contributed by atoms with Gasteiger partial charge in [-0.15, -0.1) is 0 Å². The Balaban J connectivity index is 1.65. The van der Waals surface area contributed by atoms with Crippen LogP contribution in [0.15, 0.2) is 30.3 Å². The molecule has 1 aromatic heterocycles. The molecule has 1 heterocycles. The maximum atomic E-state index is 12.5. The van der Waals surface area contributed by atoms with Gasteiger partial charge in [0.1, 0.15) is 0 Å². The summed E-state index contributed by atoms with van der Waals surface area (Å²) >= 11 is 0. The van der Waals surface area contributed by atoms with Gasteiger partial charge >= 0.3 is 5.97 Å². The van der Waals surface area contributed by atoms with Gasteiger partial charge < -0.3 is 14.0 Å². The molecule has 1 fully saturated rings. The van der Waals surface area contributed by atoms with Crippen molar-refractivity contribution in [1.82, 2.24) is 4.57 Å². The summed E-state index contributed by atoms with van der Waals surface area (Å²) in [6.45, 7) is 4.14. The molecule has 2 aromatic rings. The minimum atomic E-state index is -0.498. The van der Waals surface area contributed by atoms with Crippen molar-refractivity contribution >= 4 is 11.8 Å². The van der Waals surface area contributed by atoms with E-state index >= 15 is 0 Å². The van der Waals surface area contributed by atoms with Gasteiger partial charge in [0.25, 0.3) is 0 Å². The molecule has 0 N–H and O–H groups in total. The molecule has 0 radical (unpaired) electrons. The monoisotopic (exact) mass is 341 g/mol. The second kappa shape index (κ2) is 7.23. The number of ether oxygens (including phenoxy) is 2. The average Bonchev–Trinajstić information content (AvgIpc) is 3.38. The quantitative estimate of drug-likeness (QED) is 0.570. The van der Waals surface area contributed by atoms with Gasteiger partial charge in [0.05, 0.1) is 12.2 Å². The number of carbonyl (C=O) groups excluding carboxylic acids is 2. The number of nitrogens with zero attached hydrogens (tertiary/aromatic N) is 1. The van der Waals surface area contributed by atoms with E-state index in [1.807, 2.05) is 26.0 Å². The van der Waals surface area contributed by atoms with E-state index in [-0.39, 0.29) is 12.4 Å². The van der Waals surface area contributed by atoms with Gasteiger partial charge in [0.2, 0.25) is 5.78 Å². The van der Waals surface area contributed by atoms with Crippen molar-refractivity contribution < 1.29 is 19.1 Å². The molecule has 1 aliphatic rings. The fourth-order valence-electron chi connectivity index (χ4n) is 3.20. The maximum absolute atomic E-state index is 12.5. The van der Waals surface area contributed by atoms with Crippen LogP contribution in [0.5, 0.6) is 0 Å². The Hall–Kier alpha value is -2.40. The number of carbonyl (C=O) groups is 2.